The third-order valence-corrected chi connectivity index (χ3v) is 10.1. The molecule has 0 fully saturated rings. The Kier molecular flexibility index (Phi) is 38.7. The monoisotopic (exact) mass is 814 g/mol. The predicted octanol–water partition coefficient (Wildman–Crippen LogP) is 11.6. The molecule has 58 heavy (non-hydrogen) atoms. The van der Waals surface area contributed by atoms with E-state index in [0.29, 0.717) is 12.8 Å². The van der Waals surface area contributed by atoms with Crippen molar-refractivity contribution in [2.45, 2.75) is 199 Å². The van der Waals surface area contributed by atoms with Gasteiger partial charge < -0.3 is 28.6 Å². The molecule has 334 valence electrons. The van der Waals surface area contributed by atoms with Crippen LogP contribution in [0.4, 0.5) is 0 Å². The number of allylic oxidation sites excluding steroid dienone is 10. The summed E-state index contributed by atoms with van der Waals surface area (Å²) in [6.45, 7) is 4.49. The molecule has 0 aromatic carbocycles. The van der Waals surface area contributed by atoms with Gasteiger partial charge in [0.05, 0.1) is 40.3 Å². The summed E-state index contributed by atoms with van der Waals surface area (Å²) >= 11 is 0. The highest BCUT2D eigenvalue weighted by molar-refractivity contribution is 5.70. The first-order valence-electron chi connectivity index (χ1n) is 23.3. The first kappa shape index (κ1) is 55.0. The number of unbranched alkanes of at least 4 members (excludes halogenated alkanes) is 17. The molecular weight excluding hydrogens is 727 g/mol. The Morgan fingerprint density at radius 1 is 0.534 bits per heavy atom. The number of nitrogens with zero attached hydrogens (tertiary/aromatic N) is 1. The number of aliphatic carboxylic acids is 1. The molecule has 0 saturated heterocycles. The average Bonchev–Trinajstić information content (AvgIpc) is 3.18. The lowest BCUT2D eigenvalue weighted by Crippen LogP contribution is -2.55. The second-order valence-electron chi connectivity index (χ2n) is 16.6. The number of likely N-dealkylation sites (N-methyl/N-ethyl adjacent to an activating group) is 1. The lowest BCUT2D eigenvalue weighted by molar-refractivity contribution is -0.889. The molecule has 0 heterocycles. The van der Waals surface area contributed by atoms with Crippen molar-refractivity contribution in [1.29, 1.82) is 0 Å². The lowest BCUT2D eigenvalue weighted by Gasteiger charge is -2.34. The largest absolute Gasteiger partial charge is 0.544 e. The van der Waals surface area contributed by atoms with Gasteiger partial charge in [0, 0.05) is 19.3 Å². The van der Waals surface area contributed by atoms with Crippen LogP contribution in [0.15, 0.2) is 60.8 Å². The molecule has 0 aromatic rings. The van der Waals surface area contributed by atoms with Crippen LogP contribution >= 0.6 is 0 Å². The van der Waals surface area contributed by atoms with Crippen molar-refractivity contribution in [3.8, 4) is 0 Å². The molecule has 0 saturated carbocycles. The van der Waals surface area contributed by atoms with Gasteiger partial charge >= 0.3 is 11.9 Å². The highest BCUT2D eigenvalue weighted by Crippen LogP contribution is 2.14. The van der Waals surface area contributed by atoms with Gasteiger partial charge in [0.15, 0.2) is 6.10 Å². The van der Waals surface area contributed by atoms with Crippen molar-refractivity contribution in [2.75, 3.05) is 41.0 Å². The van der Waals surface area contributed by atoms with E-state index in [0.717, 1.165) is 83.5 Å². The second-order valence-corrected chi connectivity index (χ2v) is 16.6. The summed E-state index contributed by atoms with van der Waals surface area (Å²) in [7, 11) is 5.40. The molecule has 2 atom stereocenters. The molecule has 0 radical (unpaired) electrons. The number of hydrogen-bond acceptors (Lipinski definition) is 7. The first-order valence-corrected chi connectivity index (χ1v) is 23.3. The highest BCUT2D eigenvalue weighted by atomic mass is 16.6. The Hall–Kier alpha value is -2.97. The van der Waals surface area contributed by atoms with Crippen LogP contribution in [0.1, 0.15) is 187 Å². The van der Waals surface area contributed by atoms with E-state index in [2.05, 4.69) is 74.6 Å². The maximum Gasteiger partial charge on any atom is 0.306 e. The number of esters is 2. The third kappa shape index (κ3) is 38.5. The number of carboxylic acid groups (broad SMARTS) is 1. The fourth-order valence-electron chi connectivity index (χ4n) is 6.51. The number of rotatable bonds is 41. The van der Waals surface area contributed by atoms with Crippen molar-refractivity contribution in [3.05, 3.63) is 60.8 Å². The molecule has 0 aromatic heterocycles. The zero-order chi connectivity index (χ0) is 42.8. The number of carboxylic acids is 1. The molecule has 0 N–H and O–H groups in total. The number of quaternary nitrogens is 1. The van der Waals surface area contributed by atoms with E-state index in [1.165, 1.54) is 70.6 Å². The predicted molar refractivity (Wildman–Crippen MR) is 240 cm³/mol. The summed E-state index contributed by atoms with van der Waals surface area (Å²) < 4.78 is 17.2. The number of carbonyl (C=O) groups is 3. The van der Waals surface area contributed by atoms with Crippen LogP contribution in [-0.2, 0) is 28.6 Å². The molecule has 8 nitrogen and oxygen atoms in total. The fourth-order valence-corrected chi connectivity index (χ4v) is 6.51. The fraction of sp³-hybridized carbons (Fsp3) is 0.740. The lowest BCUT2D eigenvalue weighted by atomic mass is 10.1. The zero-order valence-corrected chi connectivity index (χ0v) is 37.9. The summed E-state index contributed by atoms with van der Waals surface area (Å²) in [6.07, 6.45) is 49.6. The van der Waals surface area contributed by atoms with Crippen molar-refractivity contribution in [3.63, 3.8) is 0 Å². The summed E-state index contributed by atoms with van der Waals surface area (Å²) in [6, 6.07) is -0.728. The van der Waals surface area contributed by atoms with Gasteiger partial charge in [-0.25, -0.2) is 0 Å². The van der Waals surface area contributed by atoms with Crippen LogP contribution in [0.2, 0.25) is 0 Å². The molecule has 0 aliphatic carbocycles. The van der Waals surface area contributed by atoms with Crippen molar-refractivity contribution in [1.82, 2.24) is 0 Å². The highest BCUT2D eigenvalue weighted by Gasteiger charge is 2.25. The summed E-state index contributed by atoms with van der Waals surface area (Å²) in [4.78, 5) is 36.8. The van der Waals surface area contributed by atoms with E-state index < -0.39 is 18.1 Å². The summed E-state index contributed by atoms with van der Waals surface area (Å²) in [5, 5.41) is 11.6. The third-order valence-electron chi connectivity index (χ3n) is 10.1. The van der Waals surface area contributed by atoms with Gasteiger partial charge in [-0.05, 0) is 70.6 Å². The number of hydrogen-bond donors (Lipinski definition) is 0. The normalized spacial score (nSPS) is 13.5. The van der Waals surface area contributed by atoms with Crippen molar-refractivity contribution < 1.29 is 38.2 Å². The summed E-state index contributed by atoms with van der Waals surface area (Å²) in [5.74, 6) is -1.76. The Morgan fingerprint density at radius 2 is 0.966 bits per heavy atom. The zero-order valence-electron chi connectivity index (χ0n) is 37.9. The molecule has 0 aliphatic rings. The summed E-state index contributed by atoms with van der Waals surface area (Å²) in [5.41, 5.74) is 0. The van der Waals surface area contributed by atoms with Crippen LogP contribution in [0.3, 0.4) is 0 Å². The minimum atomic E-state index is -1.13. The van der Waals surface area contributed by atoms with E-state index in [1.807, 2.05) is 0 Å². The topological polar surface area (TPSA) is 102 Å². The van der Waals surface area contributed by atoms with Gasteiger partial charge in [0.1, 0.15) is 12.6 Å². The molecule has 0 amide bonds. The van der Waals surface area contributed by atoms with Crippen LogP contribution in [-0.4, -0.2) is 75.5 Å². The van der Waals surface area contributed by atoms with Crippen LogP contribution in [0, 0.1) is 0 Å². The van der Waals surface area contributed by atoms with Crippen LogP contribution in [0.5, 0.6) is 0 Å². The first-order chi connectivity index (χ1) is 28.1. The van der Waals surface area contributed by atoms with Crippen molar-refractivity contribution >= 4 is 17.9 Å². The Balaban J connectivity index is 4.22. The Labute approximate surface area is 356 Å². The smallest absolute Gasteiger partial charge is 0.306 e. The standard InChI is InChI=1S/C50H87NO7/c1-6-8-10-12-14-16-18-19-20-21-22-23-24-25-26-27-28-29-31-32-34-36-38-40-48(52)57-45-46(44-56-43-42-47(50(54)55)51(3,4)5)58-49(53)41-39-37-35-33-30-17-15-13-11-9-7-2/h8,10,13-16,19-20,22-23,46-47H,6-7,9,11-12,17-18,21,24-45H2,1-5H3/b10-8+,15-13+,16-14+,20-19+,23-22+. The molecular formula is C50H87NO7. The average molecular weight is 814 g/mol. The maximum absolute atomic E-state index is 12.7. The molecule has 0 bridgehead atoms. The minimum absolute atomic E-state index is 0.0347. The van der Waals surface area contributed by atoms with Crippen LogP contribution < -0.4 is 5.11 Å². The Morgan fingerprint density at radius 3 is 1.45 bits per heavy atom. The van der Waals surface area contributed by atoms with Gasteiger partial charge in [0.25, 0.3) is 0 Å². The molecule has 0 aliphatic heterocycles. The molecule has 0 spiro atoms. The Bertz CT molecular complexity index is 1130. The molecule has 8 heteroatoms. The van der Waals surface area contributed by atoms with E-state index in [4.69, 9.17) is 14.2 Å². The van der Waals surface area contributed by atoms with Crippen molar-refractivity contribution in [2.24, 2.45) is 0 Å². The van der Waals surface area contributed by atoms with Gasteiger partial charge in [-0.15, -0.1) is 0 Å². The van der Waals surface area contributed by atoms with Gasteiger partial charge in [0.2, 0.25) is 0 Å². The molecule has 2 unspecified atom stereocenters. The minimum Gasteiger partial charge on any atom is -0.544 e. The van der Waals surface area contributed by atoms with Crippen LogP contribution in [0.25, 0.3) is 0 Å². The number of carbonyl (C=O) groups excluding carboxylic acids is 3. The SMILES string of the molecule is CC/C=C/C/C=C/C/C=C/C/C=C/CCCCCCCCCCCCC(=O)OCC(COCCC(C(=O)[O-])[N+](C)(C)C)OC(=O)CCCCCCC/C=C/CCCC. The van der Waals surface area contributed by atoms with E-state index in [9.17, 15) is 19.5 Å². The van der Waals surface area contributed by atoms with E-state index >= 15 is 0 Å². The van der Waals surface area contributed by atoms with Gasteiger partial charge in [-0.2, -0.15) is 0 Å². The van der Waals surface area contributed by atoms with E-state index in [-0.39, 0.29) is 42.7 Å². The second kappa shape index (κ2) is 40.8. The van der Waals surface area contributed by atoms with Gasteiger partial charge in [-0.3, -0.25) is 9.59 Å². The quantitative estimate of drug-likeness (QED) is 0.0262. The maximum atomic E-state index is 12.7. The molecule has 0 rings (SSSR count). The number of ether oxygens (including phenoxy) is 3. The van der Waals surface area contributed by atoms with E-state index in [1.54, 1.807) is 21.1 Å². The van der Waals surface area contributed by atoms with Gasteiger partial charge in [-0.1, -0.05) is 158 Å².